The Hall–Kier alpha value is -6.12. The third-order valence-corrected chi connectivity index (χ3v) is 10.8. The second-order valence-electron chi connectivity index (χ2n) is 13.8. The molecular formula is C53H52N2. The molecule has 0 N–H and O–H groups in total. The van der Waals surface area contributed by atoms with Crippen LogP contribution in [-0.2, 0) is 0 Å². The van der Waals surface area contributed by atoms with Gasteiger partial charge < -0.3 is 9.47 Å². The Labute approximate surface area is 327 Å². The van der Waals surface area contributed by atoms with Crippen LogP contribution in [0.2, 0.25) is 0 Å². The average Bonchev–Trinajstić information content (AvgIpc) is 3.82. The topological polar surface area (TPSA) is 8.17 Å². The van der Waals surface area contributed by atoms with E-state index in [1.807, 2.05) is 27.7 Å². The van der Waals surface area contributed by atoms with Crippen LogP contribution in [0.25, 0.3) is 49.4 Å². The summed E-state index contributed by atoms with van der Waals surface area (Å²) >= 11 is 0. The van der Waals surface area contributed by atoms with Crippen molar-refractivity contribution in [2.75, 3.05) is 11.9 Å². The van der Waals surface area contributed by atoms with Gasteiger partial charge in [-0.05, 0) is 81.9 Å². The van der Waals surface area contributed by atoms with Crippen LogP contribution in [0.15, 0.2) is 188 Å². The number of fused-ring (bicyclic) bond motifs is 5. The molecule has 8 aromatic rings. The maximum Gasteiger partial charge on any atom is 0.0619 e. The zero-order chi connectivity index (χ0) is 38.3. The van der Waals surface area contributed by atoms with E-state index in [0.717, 1.165) is 12.3 Å². The molecule has 7 aromatic carbocycles. The lowest BCUT2D eigenvalue weighted by Gasteiger charge is -2.25. The number of para-hydroxylation sites is 3. The fraction of sp³-hybridized carbons (Fsp3) is 0.170. The van der Waals surface area contributed by atoms with Crippen molar-refractivity contribution in [3.05, 3.63) is 204 Å². The first-order valence-corrected chi connectivity index (χ1v) is 20.0. The minimum atomic E-state index is 0.376. The van der Waals surface area contributed by atoms with Crippen LogP contribution in [0.4, 0.5) is 5.69 Å². The number of likely N-dealkylation sites (N-methyl/N-ethyl adjacent to an activating group) is 1. The number of rotatable bonds is 5. The van der Waals surface area contributed by atoms with E-state index in [1.54, 1.807) is 0 Å². The maximum absolute atomic E-state index is 2.44. The number of nitrogens with zero attached hydrogens (tertiary/aromatic N) is 2. The average molecular weight is 717 g/mol. The molecule has 1 unspecified atom stereocenters. The maximum atomic E-state index is 2.44. The first-order chi connectivity index (χ1) is 27.1. The fourth-order valence-corrected chi connectivity index (χ4v) is 7.83. The second kappa shape index (κ2) is 16.9. The summed E-state index contributed by atoms with van der Waals surface area (Å²) in [4.78, 5) is 2.26. The Morgan fingerprint density at radius 1 is 0.582 bits per heavy atom. The van der Waals surface area contributed by atoms with E-state index < -0.39 is 0 Å². The molecule has 0 saturated carbocycles. The normalized spacial score (nSPS) is 14.1. The van der Waals surface area contributed by atoms with Gasteiger partial charge in [0.1, 0.15) is 0 Å². The van der Waals surface area contributed by atoms with E-state index in [4.69, 9.17) is 0 Å². The van der Waals surface area contributed by atoms with Gasteiger partial charge in [0.2, 0.25) is 0 Å². The third-order valence-electron chi connectivity index (χ3n) is 10.8. The van der Waals surface area contributed by atoms with Crippen LogP contribution in [0.5, 0.6) is 0 Å². The van der Waals surface area contributed by atoms with E-state index in [2.05, 4.69) is 205 Å². The van der Waals surface area contributed by atoms with Crippen LogP contribution in [0, 0.1) is 0 Å². The zero-order valence-electron chi connectivity index (χ0n) is 33.1. The Bertz CT molecular complexity index is 2550. The molecule has 1 atom stereocenters. The highest BCUT2D eigenvalue weighted by Gasteiger charge is 2.25. The van der Waals surface area contributed by atoms with E-state index in [-0.39, 0.29) is 0 Å². The van der Waals surface area contributed by atoms with Gasteiger partial charge in [-0.3, -0.25) is 0 Å². The summed E-state index contributed by atoms with van der Waals surface area (Å²) in [5, 5.41) is 5.09. The van der Waals surface area contributed by atoms with Gasteiger partial charge in [0.05, 0.1) is 11.0 Å². The van der Waals surface area contributed by atoms with Gasteiger partial charge in [-0.2, -0.15) is 0 Å². The molecule has 55 heavy (non-hydrogen) atoms. The molecule has 0 bridgehead atoms. The Morgan fingerprint density at radius 2 is 1.18 bits per heavy atom. The smallest absolute Gasteiger partial charge is 0.0619 e. The van der Waals surface area contributed by atoms with Crippen LogP contribution in [0.1, 0.15) is 69.6 Å². The molecule has 1 heterocycles. The molecule has 2 nitrogen and oxygen atoms in total. The van der Waals surface area contributed by atoms with Gasteiger partial charge in [-0.1, -0.05) is 174 Å². The van der Waals surface area contributed by atoms with E-state index >= 15 is 0 Å². The van der Waals surface area contributed by atoms with Crippen LogP contribution >= 0.6 is 0 Å². The Kier molecular flexibility index (Phi) is 11.4. The first-order valence-electron chi connectivity index (χ1n) is 20.0. The predicted octanol–water partition coefficient (Wildman–Crippen LogP) is 14.9. The summed E-state index contributed by atoms with van der Waals surface area (Å²) in [5.74, 6) is 1.14. The number of allylic oxidation sites excluding steroid dienone is 3. The zero-order valence-corrected chi connectivity index (χ0v) is 33.1. The number of aromatic nitrogens is 1. The van der Waals surface area contributed by atoms with Gasteiger partial charge in [-0.15, -0.1) is 0 Å². The summed E-state index contributed by atoms with van der Waals surface area (Å²) in [6.07, 6.45) is 7.96. The molecular weight excluding hydrogens is 665 g/mol. The highest BCUT2D eigenvalue weighted by molar-refractivity contribution is 6.16. The van der Waals surface area contributed by atoms with Gasteiger partial charge in [0.25, 0.3) is 0 Å². The van der Waals surface area contributed by atoms with Crippen molar-refractivity contribution >= 4 is 38.3 Å². The highest BCUT2D eigenvalue weighted by Crippen LogP contribution is 2.42. The SMILES string of the molecule is CC.CC.CC1c2ccccc21.CN(C1=CCC(c2ccc(-c3cccc4c5cc6ccccc6cc5n(-c5ccccc5)c34)cc2)C=C1)c1ccccc1. The molecule has 2 aliphatic carbocycles. The van der Waals surface area contributed by atoms with Crippen molar-refractivity contribution in [3.8, 4) is 16.8 Å². The Morgan fingerprint density at radius 3 is 1.80 bits per heavy atom. The van der Waals surface area contributed by atoms with E-state index in [0.29, 0.717) is 5.92 Å². The predicted molar refractivity (Wildman–Crippen MR) is 240 cm³/mol. The third kappa shape index (κ3) is 7.51. The summed E-state index contributed by atoms with van der Waals surface area (Å²) in [5.41, 5.74) is 13.0. The fourth-order valence-electron chi connectivity index (χ4n) is 7.83. The molecule has 0 radical (unpaired) electrons. The largest absolute Gasteiger partial charge is 0.345 e. The summed E-state index contributed by atoms with van der Waals surface area (Å²) in [7, 11) is 2.14. The highest BCUT2D eigenvalue weighted by atomic mass is 15.1. The van der Waals surface area contributed by atoms with Gasteiger partial charge in [-0.25, -0.2) is 0 Å². The van der Waals surface area contributed by atoms with E-state index in [1.165, 1.54) is 77.5 Å². The molecule has 0 saturated heterocycles. The van der Waals surface area contributed by atoms with Crippen LogP contribution in [0.3, 0.4) is 0 Å². The molecule has 0 fully saturated rings. The van der Waals surface area contributed by atoms with Crippen molar-refractivity contribution in [1.29, 1.82) is 0 Å². The van der Waals surface area contributed by atoms with E-state index in [9.17, 15) is 0 Å². The second-order valence-corrected chi connectivity index (χ2v) is 13.8. The molecule has 0 aliphatic heterocycles. The minimum Gasteiger partial charge on any atom is -0.345 e. The molecule has 0 spiro atoms. The standard InChI is InChI=1S/C41H32N2.C8H8.2C2H6/c1-42(34-13-4-2-5-14-34)35-25-23-30(24-26-35)29-19-21-31(22-20-29)37-17-10-18-38-39-27-32-11-8-9-12-33(32)28-40(39)43(41(37)38)36-15-6-3-7-16-36;1-6-7-4-2-3-5-8(6)7;2*1-2/h2-23,25-28,30H,24H2,1H3;2-6H,1H3;2*1-2H3. The molecule has 2 heteroatoms. The lowest BCUT2D eigenvalue weighted by molar-refractivity contribution is 0.837. The van der Waals surface area contributed by atoms with Gasteiger partial charge >= 0.3 is 0 Å². The first kappa shape index (κ1) is 37.2. The van der Waals surface area contributed by atoms with Gasteiger partial charge in [0.15, 0.2) is 0 Å². The van der Waals surface area contributed by atoms with Crippen molar-refractivity contribution in [2.24, 2.45) is 0 Å². The molecule has 1 aromatic heterocycles. The van der Waals surface area contributed by atoms with Crippen LogP contribution < -0.4 is 4.90 Å². The van der Waals surface area contributed by atoms with Crippen molar-refractivity contribution in [1.82, 2.24) is 4.57 Å². The summed E-state index contributed by atoms with van der Waals surface area (Å²) in [6.45, 7) is 10.2. The number of hydrogen-bond acceptors (Lipinski definition) is 1. The molecule has 2 aliphatic rings. The van der Waals surface area contributed by atoms with Crippen molar-refractivity contribution in [3.63, 3.8) is 0 Å². The number of benzene rings is 7. The quantitative estimate of drug-likeness (QED) is 0.172. The summed E-state index contributed by atoms with van der Waals surface area (Å²) < 4.78 is 2.44. The van der Waals surface area contributed by atoms with Crippen LogP contribution in [-0.4, -0.2) is 11.6 Å². The molecule has 10 rings (SSSR count). The van der Waals surface area contributed by atoms with Crippen molar-refractivity contribution in [2.45, 2.75) is 52.9 Å². The lowest BCUT2D eigenvalue weighted by atomic mass is 9.90. The Balaban J connectivity index is 0.000000335. The lowest BCUT2D eigenvalue weighted by Crippen LogP contribution is -2.16. The molecule has 274 valence electrons. The molecule has 0 amide bonds. The monoisotopic (exact) mass is 716 g/mol. The minimum absolute atomic E-state index is 0.376. The van der Waals surface area contributed by atoms with Crippen molar-refractivity contribution < 1.29 is 0 Å². The summed E-state index contributed by atoms with van der Waals surface area (Å²) in [6, 6.07) is 59.2. The van der Waals surface area contributed by atoms with Gasteiger partial charge in [0, 0.05) is 52.3 Å². The number of hydrogen-bond donors (Lipinski definition) is 0. The number of anilines is 1.